The van der Waals surface area contributed by atoms with Crippen LogP contribution in [0.3, 0.4) is 0 Å². The number of aliphatic imine (C=N–C) groups is 1. The second-order valence-electron chi connectivity index (χ2n) is 6.75. The van der Waals surface area contributed by atoms with Crippen LogP contribution in [-0.4, -0.2) is 36.0 Å². The number of nitrogens with zero attached hydrogens (tertiary/aromatic N) is 3. The number of hydrogen-bond acceptors (Lipinski definition) is 3. The minimum Gasteiger partial charge on any atom is -0.357 e. The highest BCUT2D eigenvalue weighted by molar-refractivity contribution is 7.09. The maximum Gasteiger partial charge on any atom is 0.194 e. The zero-order valence-electron chi connectivity index (χ0n) is 15.6. The molecule has 2 rings (SSSR count). The molecule has 4 nitrogen and oxygen atoms in total. The maximum absolute atomic E-state index is 14.1. The van der Waals surface area contributed by atoms with Gasteiger partial charge in [-0.15, -0.1) is 11.3 Å². The van der Waals surface area contributed by atoms with E-state index >= 15 is 0 Å². The summed E-state index contributed by atoms with van der Waals surface area (Å²) in [5.74, 6) is 0.622. The summed E-state index contributed by atoms with van der Waals surface area (Å²) in [7, 11) is 1.99. The van der Waals surface area contributed by atoms with E-state index in [1.807, 2.05) is 46.9 Å². The van der Waals surface area contributed by atoms with Crippen LogP contribution in [0.1, 0.15) is 37.0 Å². The summed E-state index contributed by atoms with van der Waals surface area (Å²) >= 11 is 1.65. The zero-order chi connectivity index (χ0) is 18.4. The van der Waals surface area contributed by atoms with E-state index in [0.29, 0.717) is 18.7 Å². The van der Waals surface area contributed by atoms with Gasteiger partial charge in [-0.3, -0.25) is 4.99 Å². The molecule has 25 heavy (non-hydrogen) atoms. The number of halogens is 1. The van der Waals surface area contributed by atoms with Crippen LogP contribution < -0.4 is 5.32 Å². The lowest BCUT2D eigenvalue weighted by Crippen LogP contribution is -2.39. The van der Waals surface area contributed by atoms with Gasteiger partial charge in [0.05, 0.1) is 23.8 Å². The lowest BCUT2D eigenvalue weighted by molar-refractivity contribution is 0.455. The minimum atomic E-state index is -0.385. The van der Waals surface area contributed by atoms with Crippen molar-refractivity contribution in [3.8, 4) is 0 Å². The van der Waals surface area contributed by atoms with Gasteiger partial charge in [0.25, 0.3) is 0 Å². The van der Waals surface area contributed by atoms with Crippen LogP contribution in [0.15, 0.2) is 34.6 Å². The van der Waals surface area contributed by atoms with E-state index in [4.69, 9.17) is 4.99 Å². The smallest absolute Gasteiger partial charge is 0.194 e. The Balaban J connectivity index is 2.14. The summed E-state index contributed by atoms with van der Waals surface area (Å²) in [6.45, 7) is 10.0. The van der Waals surface area contributed by atoms with E-state index in [9.17, 15) is 4.39 Å². The van der Waals surface area contributed by atoms with Crippen LogP contribution in [-0.2, 0) is 12.0 Å². The number of aromatic nitrogens is 1. The molecule has 0 spiro atoms. The first-order valence-corrected chi connectivity index (χ1v) is 9.37. The second kappa shape index (κ2) is 8.43. The molecule has 2 aromatic rings. The molecule has 6 heteroatoms. The molecule has 0 amide bonds. The minimum absolute atomic E-state index is 0.181. The largest absolute Gasteiger partial charge is 0.357 e. The Morgan fingerprint density at radius 3 is 2.68 bits per heavy atom. The molecule has 0 aliphatic heterocycles. The van der Waals surface area contributed by atoms with Gasteiger partial charge in [0.15, 0.2) is 5.96 Å². The summed E-state index contributed by atoms with van der Waals surface area (Å²) in [5.41, 5.74) is 1.33. The third-order valence-electron chi connectivity index (χ3n) is 3.99. The molecular weight excluding hydrogens is 335 g/mol. The van der Waals surface area contributed by atoms with Gasteiger partial charge in [0.1, 0.15) is 5.82 Å². The first-order valence-electron chi connectivity index (χ1n) is 8.49. The third kappa shape index (κ3) is 5.26. The Bertz CT molecular complexity index is 724. The highest BCUT2D eigenvalue weighted by Crippen LogP contribution is 2.26. The molecule has 0 unspecified atom stereocenters. The lowest BCUT2D eigenvalue weighted by atomic mass is 9.84. The van der Waals surface area contributed by atoms with Gasteiger partial charge in [-0.05, 0) is 25.5 Å². The average molecular weight is 363 g/mol. The highest BCUT2D eigenvalue weighted by atomic mass is 32.1. The molecule has 0 radical (unpaired) electrons. The molecular formula is C19H27FN4S. The van der Waals surface area contributed by atoms with Crippen LogP contribution in [0.2, 0.25) is 0 Å². The fourth-order valence-corrected chi connectivity index (χ4v) is 3.24. The molecule has 0 aliphatic rings. The Hall–Kier alpha value is -1.95. The van der Waals surface area contributed by atoms with Gasteiger partial charge >= 0.3 is 0 Å². The number of hydrogen-bond donors (Lipinski definition) is 1. The fourth-order valence-electron chi connectivity index (χ4n) is 2.64. The van der Waals surface area contributed by atoms with Crippen molar-refractivity contribution < 1.29 is 4.39 Å². The third-order valence-corrected chi connectivity index (χ3v) is 4.81. The summed E-state index contributed by atoms with van der Waals surface area (Å²) in [6.07, 6.45) is 0. The molecule has 1 aromatic carbocycles. The molecule has 1 heterocycles. The molecule has 0 saturated carbocycles. The topological polar surface area (TPSA) is 40.5 Å². The van der Waals surface area contributed by atoms with Crippen molar-refractivity contribution in [1.29, 1.82) is 0 Å². The fraction of sp³-hybridized carbons (Fsp3) is 0.474. The Morgan fingerprint density at radius 1 is 1.36 bits per heavy atom. The van der Waals surface area contributed by atoms with Crippen LogP contribution in [0.25, 0.3) is 0 Å². The molecule has 0 bridgehead atoms. The standard InChI is InChI=1S/C19H27FN4S/c1-6-21-18(24(5)11-15-12-25-14(2)23-15)22-13-19(3,4)16-9-7-8-10-17(16)20/h7-10,12H,6,11,13H2,1-5H3,(H,21,22). The van der Waals surface area contributed by atoms with Gasteiger partial charge in [0, 0.05) is 24.4 Å². The van der Waals surface area contributed by atoms with E-state index in [1.165, 1.54) is 6.07 Å². The molecule has 136 valence electrons. The molecule has 0 saturated heterocycles. The van der Waals surface area contributed by atoms with Crippen LogP contribution >= 0.6 is 11.3 Å². The first-order chi connectivity index (χ1) is 11.8. The molecule has 0 aliphatic carbocycles. The van der Waals surface area contributed by atoms with E-state index in [-0.39, 0.29) is 11.2 Å². The van der Waals surface area contributed by atoms with Gasteiger partial charge in [-0.1, -0.05) is 32.0 Å². The lowest BCUT2D eigenvalue weighted by Gasteiger charge is -2.26. The van der Waals surface area contributed by atoms with Crippen LogP contribution in [0.5, 0.6) is 0 Å². The Kier molecular flexibility index (Phi) is 6.53. The van der Waals surface area contributed by atoms with E-state index < -0.39 is 0 Å². The summed E-state index contributed by atoms with van der Waals surface area (Å²) in [6, 6.07) is 6.92. The summed E-state index contributed by atoms with van der Waals surface area (Å²) < 4.78 is 14.1. The first kappa shape index (κ1) is 19.4. The summed E-state index contributed by atoms with van der Waals surface area (Å²) in [5, 5.41) is 6.44. The van der Waals surface area contributed by atoms with Crippen molar-refractivity contribution >= 4 is 17.3 Å². The Morgan fingerprint density at radius 2 is 2.08 bits per heavy atom. The van der Waals surface area contributed by atoms with E-state index in [2.05, 4.69) is 20.6 Å². The number of guanidine groups is 1. The van der Waals surface area contributed by atoms with Gasteiger partial charge < -0.3 is 10.2 Å². The van der Waals surface area contributed by atoms with Gasteiger partial charge in [0.2, 0.25) is 0 Å². The van der Waals surface area contributed by atoms with Gasteiger partial charge in [-0.2, -0.15) is 0 Å². The highest BCUT2D eigenvalue weighted by Gasteiger charge is 2.24. The van der Waals surface area contributed by atoms with Crippen molar-refractivity contribution in [3.63, 3.8) is 0 Å². The quantitative estimate of drug-likeness (QED) is 0.624. The van der Waals surface area contributed by atoms with Crippen molar-refractivity contribution in [2.45, 2.75) is 39.7 Å². The predicted molar refractivity (Wildman–Crippen MR) is 104 cm³/mol. The normalized spacial score (nSPS) is 12.3. The molecule has 1 N–H and O–H groups in total. The maximum atomic E-state index is 14.1. The van der Waals surface area contributed by atoms with E-state index in [1.54, 1.807) is 17.4 Å². The van der Waals surface area contributed by atoms with Gasteiger partial charge in [-0.25, -0.2) is 9.37 Å². The van der Waals surface area contributed by atoms with Crippen molar-refractivity contribution in [1.82, 2.24) is 15.2 Å². The van der Waals surface area contributed by atoms with Crippen LogP contribution in [0.4, 0.5) is 4.39 Å². The SMILES string of the molecule is CCNC(=NCC(C)(C)c1ccccc1F)N(C)Cc1csc(C)n1. The monoisotopic (exact) mass is 362 g/mol. The van der Waals surface area contributed by atoms with E-state index in [0.717, 1.165) is 23.2 Å². The predicted octanol–water partition coefficient (Wildman–Crippen LogP) is 3.97. The van der Waals surface area contributed by atoms with Crippen molar-refractivity contribution in [2.24, 2.45) is 4.99 Å². The number of aryl methyl sites for hydroxylation is 1. The van der Waals surface area contributed by atoms with Crippen LogP contribution in [0, 0.1) is 12.7 Å². The Labute approximate surface area is 153 Å². The number of nitrogens with one attached hydrogen (secondary N) is 1. The number of rotatable bonds is 6. The number of benzene rings is 1. The number of thiazole rings is 1. The molecule has 0 atom stereocenters. The molecule has 1 aromatic heterocycles. The van der Waals surface area contributed by atoms with Crippen molar-refractivity contribution in [3.05, 3.63) is 51.7 Å². The average Bonchev–Trinajstić information content (AvgIpc) is 2.96. The second-order valence-corrected chi connectivity index (χ2v) is 7.81. The zero-order valence-corrected chi connectivity index (χ0v) is 16.5. The molecule has 0 fully saturated rings. The summed E-state index contributed by atoms with van der Waals surface area (Å²) in [4.78, 5) is 11.3. The van der Waals surface area contributed by atoms with Crippen molar-refractivity contribution in [2.75, 3.05) is 20.1 Å².